The van der Waals surface area contributed by atoms with Gasteiger partial charge in [-0.2, -0.15) is 0 Å². The molecule has 3 nitrogen and oxygen atoms in total. The zero-order valence-corrected chi connectivity index (χ0v) is 11.8. The second kappa shape index (κ2) is 6.05. The Morgan fingerprint density at radius 3 is 2.72 bits per heavy atom. The summed E-state index contributed by atoms with van der Waals surface area (Å²) in [6, 6.07) is 0. The van der Waals surface area contributed by atoms with Gasteiger partial charge in [0.15, 0.2) is 0 Å². The number of hydrogen-bond acceptors (Lipinski definition) is 3. The molecule has 3 unspecified atom stereocenters. The SMILES string of the molecule is CCC1CCCCC1OC(=O)C1(CC)CCNC1. The Morgan fingerprint density at radius 1 is 1.33 bits per heavy atom. The number of hydrogen-bond donors (Lipinski definition) is 1. The Bertz CT molecular complexity index is 284. The number of carbonyl (C=O) groups excluding carboxylic acids is 1. The first-order valence-electron chi connectivity index (χ1n) is 7.63. The lowest BCUT2D eigenvalue weighted by Crippen LogP contribution is -2.39. The molecule has 0 aromatic heterocycles. The summed E-state index contributed by atoms with van der Waals surface area (Å²) in [7, 11) is 0. The van der Waals surface area contributed by atoms with Crippen molar-refractivity contribution >= 4 is 5.97 Å². The van der Waals surface area contributed by atoms with E-state index in [-0.39, 0.29) is 17.5 Å². The molecule has 1 saturated heterocycles. The smallest absolute Gasteiger partial charge is 0.313 e. The molecule has 104 valence electrons. The number of esters is 1. The predicted octanol–water partition coefficient (Wildman–Crippen LogP) is 2.89. The third-order valence-corrected chi connectivity index (χ3v) is 4.98. The minimum atomic E-state index is -0.240. The van der Waals surface area contributed by atoms with Gasteiger partial charge in [-0.05, 0) is 51.0 Å². The molecule has 1 aliphatic heterocycles. The predicted molar refractivity (Wildman–Crippen MR) is 72.3 cm³/mol. The van der Waals surface area contributed by atoms with Crippen LogP contribution in [0, 0.1) is 11.3 Å². The molecule has 0 radical (unpaired) electrons. The first kappa shape index (κ1) is 13.9. The van der Waals surface area contributed by atoms with Gasteiger partial charge < -0.3 is 10.1 Å². The Labute approximate surface area is 111 Å². The van der Waals surface area contributed by atoms with Crippen LogP contribution in [0.2, 0.25) is 0 Å². The van der Waals surface area contributed by atoms with Crippen LogP contribution in [0.1, 0.15) is 58.8 Å². The molecule has 3 heteroatoms. The summed E-state index contributed by atoms with van der Waals surface area (Å²) >= 11 is 0. The van der Waals surface area contributed by atoms with Gasteiger partial charge in [-0.15, -0.1) is 0 Å². The molecule has 2 fully saturated rings. The van der Waals surface area contributed by atoms with Gasteiger partial charge in [0, 0.05) is 6.54 Å². The van der Waals surface area contributed by atoms with E-state index in [2.05, 4.69) is 19.2 Å². The number of rotatable bonds is 4. The largest absolute Gasteiger partial charge is 0.462 e. The quantitative estimate of drug-likeness (QED) is 0.783. The normalized spacial score (nSPS) is 36.6. The summed E-state index contributed by atoms with van der Waals surface area (Å²) in [4.78, 5) is 12.5. The van der Waals surface area contributed by atoms with Gasteiger partial charge in [0.05, 0.1) is 5.41 Å². The van der Waals surface area contributed by atoms with Crippen molar-refractivity contribution in [3.05, 3.63) is 0 Å². The standard InChI is InChI=1S/C15H27NO2/c1-3-12-7-5-6-8-13(12)18-14(17)15(4-2)9-10-16-11-15/h12-13,16H,3-11H2,1-2H3. The summed E-state index contributed by atoms with van der Waals surface area (Å²) in [5.41, 5.74) is -0.240. The lowest BCUT2D eigenvalue weighted by molar-refractivity contribution is -0.165. The molecule has 0 amide bonds. The monoisotopic (exact) mass is 253 g/mol. The number of ether oxygens (including phenoxy) is 1. The van der Waals surface area contributed by atoms with Gasteiger partial charge in [-0.3, -0.25) is 4.79 Å². The van der Waals surface area contributed by atoms with E-state index in [1.807, 2.05) is 0 Å². The molecule has 1 saturated carbocycles. The highest BCUT2D eigenvalue weighted by Gasteiger charge is 2.42. The average molecular weight is 253 g/mol. The topological polar surface area (TPSA) is 38.3 Å². The maximum Gasteiger partial charge on any atom is 0.313 e. The molecule has 0 bridgehead atoms. The molecule has 1 aliphatic carbocycles. The Balaban J connectivity index is 1.96. The first-order valence-corrected chi connectivity index (χ1v) is 7.63. The molecule has 2 aliphatic rings. The van der Waals surface area contributed by atoms with E-state index < -0.39 is 0 Å². The van der Waals surface area contributed by atoms with Crippen molar-refractivity contribution in [1.82, 2.24) is 5.32 Å². The van der Waals surface area contributed by atoms with Gasteiger partial charge in [0.2, 0.25) is 0 Å². The number of nitrogens with one attached hydrogen (secondary N) is 1. The van der Waals surface area contributed by atoms with E-state index in [1.165, 1.54) is 19.3 Å². The van der Waals surface area contributed by atoms with E-state index in [9.17, 15) is 4.79 Å². The van der Waals surface area contributed by atoms with Gasteiger partial charge >= 0.3 is 5.97 Å². The van der Waals surface area contributed by atoms with Crippen molar-refractivity contribution in [3.8, 4) is 0 Å². The van der Waals surface area contributed by atoms with Crippen molar-refractivity contribution in [3.63, 3.8) is 0 Å². The fourth-order valence-corrected chi connectivity index (χ4v) is 3.42. The summed E-state index contributed by atoms with van der Waals surface area (Å²) in [6.07, 6.45) is 7.95. The highest BCUT2D eigenvalue weighted by Crippen LogP contribution is 2.35. The lowest BCUT2D eigenvalue weighted by atomic mass is 9.82. The van der Waals surface area contributed by atoms with Gasteiger partial charge in [0.25, 0.3) is 0 Å². The van der Waals surface area contributed by atoms with Crippen molar-refractivity contribution in [2.75, 3.05) is 13.1 Å². The Morgan fingerprint density at radius 2 is 2.11 bits per heavy atom. The highest BCUT2D eigenvalue weighted by atomic mass is 16.5. The zero-order chi connectivity index (χ0) is 13.0. The fraction of sp³-hybridized carbons (Fsp3) is 0.933. The molecular weight excluding hydrogens is 226 g/mol. The van der Waals surface area contributed by atoms with Gasteiger partial charge in [-0.1, -0.05) is 20.3 Å². The summed E-state index contributed by atoms with van der Waals surface area (Å²) in [5, 5.41) is 3.31. The molecular formula is C15H27NO2. The molecule has 1 heterocycles. The maximum absolute atomic E-state index is 12.5. The zero-order valence-electron chi connectivity index (χ0n) is 11.8. The third-order valence-electron chi connectivity index (χ3n) is 4.98. The van der Waals surface area contributed by atoms with Crippen LogP contribution in [-0.2, 0) is 9.53 Å². The first-order chi connectivity index (χ1) is 8.72. The molecule has 18 heavy (non-hydrogen) atoms. The van der Waals surface area contributed by atoms with E-state index >= 15 is 0 Å². The van der Waals surface area contributed by atoms with Crippen LogP contribution in [0.5, 0.6) is 0 Å². The van der Waals surface area contributed by atoms with Crippen LogP contribution < -0.4 is 5.32 Å². The van der Waals surface area contributed by atoms with Crippen molar-refractivity contribution in [2.45, 2.75) is 64.9 Å². The van der Waals surface area contributed by atoms with Crippen LogP contribution in [0.15, 0.2) is 0 Å². The van der Waals surface area contributed by atoms with E-state index in [4.69, 9.17) is 4.74 Å². The van der Waals surface area contributed by atoms with Crippen LogP contribution in [0.25, 0.3) is 0 Å². The average Bonchev–Trinajstić information content (AvgIpc) is 2.89. The molecule has 0 aromatic carbocycles. The van der Waals surface area contributed by atoms with Crippen molar-refractivity contribution < 1.29 is 9.53 Å². The lowest BCUT2D eigenvalue weighted by Gasteiger charge is -2.34. The Kier molecular flexibility index (Phi) is 4.66. The third kappa shape index (κ3) is 2.71. The number of carbonyl (C=O) groups is 1. The Hall–Kier alpha value is -0.570. The van der Waals surface area contributed by atoms with E-state index in [0.29, 0.717) is 5.92 Å². The van der Waals surface area contributed by atoms with E-state index in [0.717, 1.165) is 38.8 Å². The second-order valence-electron chi connectivity index (χ2n) is 5.96. The summed E-state index contributed by atoms with van der Waals surface area (Å²) < 4.78 is 5.89. The van der Waals surface area contributed by atoms with E-state index in [1.54, 1.807) is 0 Å². The summed E-state index contributed by atoms with van der Waals surface area (Å²) in [6.45, 7) is 6.06. The van der Waals surface area contributed by atoms with Crippen LogP contribution in [0.4, 0.5) is 0 Å². The van der Waals surface area contributed by atoms with Crippen LogP contribution >= 0.6 is 0 Å². The summed E-state index contributed by atoms with van der Waals surface area (Å²) in [5.74, 6) is 0.645. The van der Waals surface area contributed by atoms with Gasteiger partial charge in [0.1, 0.15) is 6.10 Å². The fourth-order valence-electron chi connectivity index (χ4n) is 3.42. The molecule has 2 rings (SSSR count). The van der Waals surface area contributed by atoms with Gasteiger partial charge in [-0.25, -0.2) is 0 Å². The minimum absolute atomic E-state index is 0.0559. The molecule has 1 N–H and O–H groups in total. The maximum atomic E-state index is 12.5. The highest BCUT2D eigenvalue weighted by molar-refractivity contribution is 5.77. The minimum Gasteiger partial charge on any atom is -0.462 e. The van der Waals surface area contributed by atoms with Crippen molar-refractivity contribution in [1.29, 1.82) is 0 Å². The van der Waals surface area contributed by atoms with Crippen LogP contribution in [0.3, 0.4) is 0 Å². The second-order valence-corrected chi connectivity index (χ2v) is 5.96. The van der Waals surface area contributed by atoms with Crippen LogP contribution in [-0.4, -0.2) is 25.2 Å². The molecule has 0 spiro atoms. The molecule has 0 aromatic rings. The van der Waals surface area contributed by atoms with Crippen molar-refractivity contribution in [2.24, 2.45) is 11.3 Å². The molecule has 3 atom stereocenters.